The lowest BCUT2D eigenvalue weighted by Crippen LogP contribution is -2.41. The van der Waals surface area contributed by atoms with E-state index in [9.17, 15) is 4.79 Å². The van der Waals surface area contributed by atoms with Gasteiger partial charge in [0.05, 0.1) is 0 Å². The zero-order valence-corrected chi connectivity index (χ0v) is 15.6. The molecule has 1 fully saturated rings. The Morgan fingerprint density at radius 2 is 2.27 bits per heavy atom. The Labute approximate surface area is 146 Å². The monoisotopic (exact) mass is 386 g/mol. The number of carbonyl (C=O) groups excluding carboxylic acids is 1. The molecule has 0 aromatic heterocycles. The van der Waals surface area contributed by atoms with Gasteiger partial charge in [0.2, 0.25) is 5.91 Å². The zero-order chi connectivity index (χ0) is 16.1. The third-order valence-corrected chi connectivity index (χ3v) is 4.96. The molecule has 22 heavy (non-hydrogen) atoms. The van der Waals surface area contributed by atoms with E-state index in [1.54, 1.807) is 0 Å². The van der Waals surface area contributed by atoms with Gasteiger partial charge in [-0.2, -0.15) is 0 Å². The van der Waals surface area contributed by atoms with Crippen LogP contribution in [0, 0.1) is 11.8 Å². The number of halogens is 2. The molecule has 122 valence electrons. The van der Waals surface area contributed by atoms with Crippen molar-refractivity contribution in [3.63, 3.8) is 0 Å². The molecular formula is C17H24BrClN2O. The van der Waals surface area contributed by atoms with E-state index in [2.05, 4.69) is 32.2 Å². The molecule has 1 aliphatic rings. The first-order valence-electron chi connectivity index (χ1n) is 7.89. The number of likely N-dealkylation sites (tertiary alicyclic amines) is 1. The molecule has 2 rings (SSSR count). The lowest BCUT2D eigenvalue weighted by Gasteiger charge is -2.33. The summed E-state index contributed by atoms with van der Waals surface area (Å²) in [6.45, 7) is 7.61. The molecule has 1 amide bonds. The quantitative estimate of drug-likeness (QED) is 0.825. The molecule has 5 heteroatoms. The summed E-state index contributed by atoms with van der Waals surface area (Å²) in [5, 5.41) is 3.88. The highest BCUT2D eigenvalue weighted by Crippen LogP contribution is 2.24. The number of carbonyl (C=O) groups is 1. The van der Waals surface area contributed by atoms with Crippen molar-refractivity contribution in [2.45, 2.75) is 33.2 Å². The number of benzene rings is 1. The molecule has 1 N–H and O–H groups in total. The molecule has 0 spiro atoms. The van der Waals surface area contributed by atoms with Crippen molar-refractivity contribution in [3.8, 4) is 0 Å². The van der Waals surface area contributed by atoms with Gasteiger partial charge in [-0.3, -0.25) is 9.69 Å². The highest BCUT2D eigenvalue weighted by atomic mass is 79.9. The van der Waals surface area contributed by atoms with Crippen LogP contribution in [0.4, 0.5) is 0 Å². The largest absolute Gasteiger partial charge is 0.356 e. The number of amides is 1. The summed E-state index contributed by atoms with van der Waals surface area (Å²) in [7, 11) is 0. The Balaban J connectivity index is 1.88. The van der Waals surface area contributed by atoms with Crippen LogP contribution in [0.25, 0.3) is 0 Å². The second-order valence-electron chi connectivity index (χ2n) is 6.38. The van der Waals surface area contributed by atoms with Crippen molar-refractivity contribution in [1.82, 2.24) is 10.2 Å². The standard InChI is InChI=1S/C17H24BrClN2O/c1-12(2)17(22)20-9-13-4-3-7-21(10-13)11-14-8-15(18)5-6-16(14)19/h5-6,8,12-13H,3-4,7,9-11H2,1-2H3,(H,20,22). The van der Waals surface area contributed by atoms with Gasteiger partial charge in [0.15, 0.2) is 0 Å². The Bertz CT molecular complexity index is 521. The number of hydrogen-bond acceptors (Lipinski definition) is 2. The molecule has 1 aromatic rings. The van der Waals surface area contributed by atoms with Crippen LogP contribution in [0.15, 0.2) is 22.7 Å². The van der Waals surface area contributed by atoms with Crippen LogP contribution in [0.1, 0.15) is 32.3 Å². The second-order valence-corrected chi connectivity index (χ2v) is 7.70. The van der Waals surface area contributed by atoms with Gasteiger partial charge < -0.3 is 5.32 Å². The van der Waals surface area contributed by atoms with Gasteiger partial charge in [-0.15, -0.1) is 0 Å². The Kier molecular flexibility index (Phi) is 6.72. The van der Waals surface area contributed by atoms with Crippen molar-refractivity contribution in [2.75, 3.05) is 19.6 Å². The first kappa shape index (κ1) is 17.8. The summed E-state index contributed by atoms with van der Waals surface area (Å²) in [6.07, 6.45) is 2.36. The summed E-state index contributed by atoms with van der Waals surface area (Å²) in [5.74, 6) is 0.731. The van der Waals surface area contributed by atoms with Gasteiger partial charge in [-0.1, -0.05) is 41.4 Å². The van der Waals surface area contributed by atoms with E-state index in [4.69, 9.17) is 11.6 Å². The number of piperidine rings is 1. The maximum absolute atomic E-state index is 11.7. The van der Waals surface area contributed by atoms with E-state index >= 15 is 0 Å². The molecule has 0 radical (unpaired) electrons. The van der Waals surface area contributed by atoms with Crippen LogP contribution in [0.3, 0.4) is 0 Å². The molecule has 1 saturated heterocycles. The van der Waals surface area contributed by atoms with Crippen LogP contribution < -0.4 is 5.32 Å². The third-order valence-electron chi connectivity index (χ3n) is 4.09. The molecule has 3 nitrogen and oxygen atoms in total. The third kappa shape index (κ3) is 5.25. The van der Waals surface area contributed by atoms with Gasteiger partial charge in [0.1, 0.15) is 0 Å². The first-order chi connectivity index (χ1) is 10.5. The molecule has 1 atom stereocenters. The van der Waals surface area contributed by atoms with Crippen molar-refractivity contribution in [1.29, 1.82) is 0 Å². The van der Waals surface area contributed by atoms with Gasteiger partial charge >= 0.3 is 0 Å². The fraction of sp³-hybridized carbons (Fsp3) is 0.588. The maximum atomic E-state index is 11.7. The van der Waals surface area contributed by atoms with E-state index in [1.807, 2.05) is 26.0 Å². The molecule has 1 heterocycles. The molecule has 0 aliphatic carbocycles. The van der Waals surface area contributed by atoms with Crippen LogP contribution in [0.5, 0.6) is 0 Å². The van der Waals surface area contributed by atoms with E-state index in [-0.39, 0.29) is 11.8 Å². The zero-order valence-electron chi connectivity index (χ0n) is 13.2. The Morgan fingerprint density at radius 1 is 1.50 bits per heavy atom. The molecule has 0 saturated carbocycles. The van der Waals surface area contributed by atoms with E-state index in [0.717, 1.165) is 41.2 Å². The number of rotatable bonds is 5. The summed E-state index contributed by atoms with van der Waals surface area (Å²) < 4.78 is 1.06. The fourth-order valence-electron chi connectivity index (χ4n) is 2.82. The van der Waals surface area contributed by atoms with Gasteiger partial charge in [-0.05, 0) is 49.1 Å². The van der Waals surface area contributed by atoms with Crippen LogP contribution >= 0.6 is 27.5 Å². The lowest BCUT2D eigenvalue weighted by atomic mass is 9.97. The highest BCUT2D eigenvalue weighted by Gasteiger charge is 2.21. The predicted octanol–water partition coefficient (Wildman–Crippen LogP) is 4.09. The predicted molar refractivity (Wildman–Crippen MR) is 95.0 cm³/mol. The Hall–Kier alpha value is -0.580. The van der Waals surface area contributed by atoms with Crippen LogP contribution in [-0.4, -0.2) is 30.4 Å². The van der Waals surface area contributed by atoms with Crippen molar-refractivity contribution in [3.05, 3.63) is 33.3 Å². The Morgan fingerprint density at radius 3 is 3.00 bits per heavy atom. The normalized spacial score (nSPS) is 19.4. The summed E-state index contributed by atoms with van der Waals surface area (Å²) in [6, 6.07) is 5.99. The van der Waals surface area contributed by atoms with Crippen LogP contribution in [-0.2, 0) is 11.3 Å². The van der Waals surface area contributed by atoms with Crippen LogP contribution in [0.2, 0.25) is 5.02 Å². The van der Waals surface area contributed by atoms with Crippen molar-refractivity contribution >= 4 is 33.4 Å². The average molecular weight is 388 g/mol. The van der Waals surface area contributed by atoms with Gasteiger partial charge in [0, 0.05) is 35.0 Å². The minimum absolute atomic E-state index is 0.0557. The maximum Gasteiger partial charge on any atom is 0.222 e. The minimum atomic E-state index is 0.0557. The first-order valence-corrected chi connectivity index (χ1v) is 9.06. The highest BCUT2D eigenvalue weighted by molar-refractivity contribution is 9.10. The van der Waals surface area contributed by atoms with Crippen molar-refractivity contribution < 1.29 is 4.79 Å². The fourth-order valence-corrected chi connectivity index (χ4v) is 3.40. The topological polar surface area (TPSA) is 32.3 Å². The number of hydrogen-bond donors (Lipinski definition) is 1. The summed E-state index contributed by atoms with van der Waals surface area (Å²) >= 11 is 9.79. The molecule has 1 aromatic carbocycles. The van der Waals surface area contributed by atoms with E-state index in [0.29, 0.717) is 5.92 Å². The number of nitrogens with one attached hydrogen (secondary N) is 1. The summed E-state index contributed by atoms with van der Waals surface area (Å²) in [4.78, 5) is 14.1. The summed E-state index contributed by atoms with van der Waals surface area (Å²) in [5.41, 5.74) is 1.16. The lowest BCUT2D eigenvalue weighted by molar-refractivity contribution is -0.124. The molecule has 0 bridgehead atoms. The van der Waals surface area contributed by atoms with Gasteiger partial charge in [-0.25, -0.2) is 0 Å². The molecule has 1 aliphatic heterocycles. The number of nitrogens with zero attached hydrogens (tertiary/aromatic N) is 1. The van der Waals surface area contributed by atoms with E-state index in [1.165, 1.54) is 12.8 Å². The average Bonchev–Trinajstić information content (AvgIpc) is 2.49. The minimum Gasteiger partial charge on any atom is -0.356 e. The van der Waals surface area contributed by atoms with Crippen molar-refractivity contribution in [2.24, 2.45) is 11.8 Å². The van der Waals surface area contributed by atoms with E-state index < -0.39 is 0 Å². The molecular weight excluding hydrogens is 364 g/mol. The van der Waals surface area contributed by atoms with Gasteiger partial charge in [0.25, 0.3) is 0 Å². The smallest absolute Gasteiger partial charge is 0.222 e. The molecule has 1 unspecified atom stereocenters. The SMILES string of the molecule is CC(C)C(=O)NCC1CCCN(Cc2cc(Br)ccc2Cl)C1. The second kappa shape index (κ2) is 8.32.